The lowest BCUT2D eigenvalue weighted by atomic mass is 9.99. The SMILES string of the molecule is CCCC(C)(C)NC(=O)c1cnc(NC)cn1. The summed E-state index contributed by atoms with van der Waals surface area (Å²) in [7, 11) is 1.76. The standard InChI is InChI=1S/C12H20N4O/c1-5-6-12(2,3)16-11(17)9-7-15-10(13-4)8-14-9/h7-8H,5-6H2,1-4H3,(H,13,15)(H,16,17). The first-order chi connectivity index (χ1) is 7.98. The van der Waals surface area contributed by atoms with Crippen LogP contribution in [0, 0.1) is 0 Å². The highest BCUT2D eigenvalue weighted by Crippen LogP contribution is 2.11. The zero-order chi connectivity index (χ0) is 12.9. The minimum absolute atomic E-state index is 0.182. The zero-order valence-corrected chi connectivity index (χ0v) is 10.9. The molecule has 0 fully saturated rings. The van der Waals surface area contributed by atoms with Crippen molar-refractivity contribution in [2.24, 2.45) is 0 Å². The van der Waals surface area contributed by atoms with Gasteiger partial charge in [0.15, 0.2) is 0 Å². The topological polar surface area (TPSA) is 66.9 Å². The van der Waals surface area contributed by atoms with Crippen molar-refractivity contribution in [2.75, 3.05) is 12.4 Å². The second-order valence-corrected chi connectivity index (χ2v) is 4.62. The fourth-order valence-electron chi connectivity index (χ4n) is 1.63. The van der Waals surface area contributed by atoms with Gasteiger partial charge in [0.25, 0.3) is 5.91 Å². The van der Waals surface area contributed by atoms with Crippen LogP contribution in [0.15, 0.2) is 12.4 Å². The van der Waals surface area contributed by atoms with E-state index >= 15 is 0 Å². The molecule has 94 valence electrons. The van der Waals surface area contributed by atoms with Gasteiger partial charge >= 0.3 is 0 Å². The van der Waals surface area contributed by atoms with Crippen LogP contribution in [-0.4, -0.2) is 28.5 Å². The Bertz CT molecular complexity index is 373. The van der Waals surface area contributed by atoms with E-state index in [4.69, 9.17) is 0 Å². The molecule has 5 nitrogen and oxygen atoms in total. The molecule has 1 rings (SSSR count). The molecular weight excluding hydrogens is 216 g/mol. The Hall–Kier alpha value is -1.65. The summed E-state index contributed by atoms with van der Waals surface area (Å²) in [6.45, 7) is 6.10. The molecule has 0 saturated heterocycles. The smallest absolute Gasteiger partial charge is 0.271 e. The van der Waals surface area contributed by atoms with Crippen LogP contribution >= 0.6 is 0 Å². The quantitative estimate of drug-likeness (QED) is 0.818. The molecule has 17 heavy (non-hydrogen) atoms. The normalized spacial score (nSPS) is 11.1. The van der Waals surface area contributed by atoms with Gasteiger partial charge in [-0.3, -0.25) is 4.79 Å². The van der Waals surface area contributed by atoms with E-state index in [9.17, 15) is 4.79 Å². The number of carbonyl (C=O) groups is 1. The van der Waals surface area contributed by atoms with E-state index in [1.807, 2.05) is 13.8 Å². The summed E-state index contributed by atoms with van der Waals surface area (Å²) < 4.78 is 0. The van der Waals surface area contributed by atoms with E-state index in [1.165, 1.54) is 6.20 Å². The summed E-state index contributed by atoms with van der Waals surface area (Å²) in [6.07, 6.45) is 4.98. The van der Waals surface area contributed by atoms with Crippen LogP contribution in [-0.2, 0) is 0 Å². The largest absolute Gasteiger partial charge is 0.372 e. The van der Waals surface area contributed by atoms with E-state index in [2.05, 4.69) is 27.5 Å². The maximum Gasteiger partial charge on any atom is 0.271 e. The number of carbonyl (C=O) groups excluding carboxylic acids is 1. The number of aromatic nitrogens is 2. The predicted molar refractivity (Wildman–Crippen MR) is 68.0 cm³/mol. The lowest BCUT2D eigenvalue weighted by molar-refractivity contribution is 0.0903. The molecule has 5 heteroatoms. The maximum atomic E-state index is 11.9. The minimum Gasteiger partial charge on any atom is -0.372 e. The van der Waals surface area contributed by atoms with Gasteiger partial charge in [-0.2, -0.15) is 0 Å². The van der Waals surface area contributed by atoms with Crippen molar-refractivity contribution in [3.05, 3.63) is 18.1 Å². The molecule has 1 aromatic heterocycles. The van der Waals surface area contributed by atoms with Gasteiger partial charge in [0.2, 0.25) is 0 Å². The molecule has 0 atom stereocenters. The lowest BCUT2D eigenvalue weighted by Gasteiger charge is -2.25. The fraction of sp³-hybridized carbons (Fsp3) is 0.583. The molecule has 1 heterocycles. The highest BCUT2D eigenvalue weighted by Gasteiger charge is 2.20. The zero-order valence-electron chi connectivity index (χ0n) is 10.9. The Kier molecular flexibility index (Phi) is 4.43. The molecule has 1 aromatic rings. The second kappa shape index (κ2) is 5.61. The summed E-state index contributed by atoms with van der Waals surface area (Å²) in [5.41, 5.74) is 0.128. The molecule has 0 unspecified atom stereocenters. The highest BCUT2D eigenvalue weighted by molar-refractivity contribution is 5.92. The first-order valence-electron chi connectivity index (χ1n) is 5.81. The average molecular weight is 236 g/mol. The minimum atomic E-state index is -0.213. The van der Waals surface area contributed by atoms with Gasteiger partial charge in [0, 0.05) is 12.6 Å². The van der Waals surface area contributed by atoms with Crippen molar-refractivity contribution in [2.45, 2.75) is 39.2 Å². The Balaban J connectivity index is 2.69. The van der Waals surface area contributed by atoms with Crippen LogP contribution in [0.25, 0.3) is 0 Å². The summed E-state index contributed by atoms with van der Waals surface area (Å²) in [5, 5.41) is 5.81. The second-order valence-electron chi connectivity index (χ2n) is 4.62. The first-order valence-corrected chi connectivity index (χ1v) is 5.81. The van der Waals surface area contributed by atoms with Gasteiger partial charge in [0.05, 0.1) is 12.4 Å². The summed E-state index contributed by atoms with van der Waals surface area (Å²) in [4.78, 5) is 20.0. The monoisotopic (exact) mass is 236 g/mol. The molecule has 0 aromatic carbocycles. The van der Waals surface area contributed by atoms with Gasteiger partial charge in [-0.25, -0.2) is 9.97 Å². The fourth-order valence-corrected chi connectivity index (χ4v) is 1.63. The van der Waals surface area contributed by atoms with Crippen molar-refractivity contribution >= 4 is 11.7 Å². The van der Waals surface area contributed by atoms with Gasteiger partial charge < -0.3 is 10.6 Å². The summed E-state index contributed by atoms with van der Waals surface area (Å²) in [5.74, 6) is 0.466. The molecule has 2 N–H and O–H groups in total. The summed E-state index contributed by atoms with van der Waals surface area (Å²) in [6, 6.07) is 0. The molecule has 1 amide bonds. The molecule has 0 aliphatic rings. The number of anilines is 1. The van der Waals surface area contributed by atoms with E-state index in [-0.39, 0.29) is 11.4 Å². The van der Waals surface area contributed by atoms with Crippen LogP contribution in [0.5, 0.6) is 0 Å². The van der Waals surface area contributed by atoms with Crippen molar-refractivity contribution in [3.8, 4) is 0 Å². The Morgan fingerprint density at radius 3 is 2.53 bits per heavy atom. The molecule has 0 saturated carbocycles. The van der Waals surface area contributed by atoms with Crippen LogP contribution in [0.1, 0.15) is 44.1 Å². The number of amides is 1. The van der Waals surface area contributed by atoms with Crippen molar-refractivity contribution in [1.82, 2.24) is 15.3 Å². The van der Waals surface area contributed by atoms with Gasteiger partial charge in [-0.1, -0.05) is 13.3 Å². The number of nitrogens with zero attached hydrogens (tertiary/aromatic N) is 2. The van der Waals surface area contributed by atoms with E-state index < -0.39 is 0 Å². The lowest BCUT2D eigenvalue weighted by Crippen LogP contribution is -2.43. The Morgan fingerprint density at radius 1 is 1.35 bits per heavy atom. The average Bonchev–Trinajstić information content (AvgIpc) is 2.28. The first kappa shape index (κ1) is 13.4. The van der Waals surface area contributed by atoms with Crippen molar-refractivity contribution in [3.63, 3.8) is 0 Å². The van der Waals surface area contributed by atoms with Crippen LogP contribution < -0.4 is 10.6 Å². The molecule has 0 aliphatic heterocycles. The number of nitrogens with one attached hydrogen (secondary N) is 2. The third-order valence-corrected chi connectivity index (χ3v) is 2.47. The summed E-state index contributed by atoms with van der Waals surface area (Å²) >= 11 is 0. The Morgan fingerprint density at radius 2 is 2.06 bits per heavy atom. The van der Waals surface area contributed by atoms with Crippen molar-refractivity contribution < 1.29 is 4.79 Å². The van der Waals surface area contributed by atoms with Gasteiger partial charge in [-0.05, 0) is 20.3 Å². The van der Waals surface area contributed by atoms with E-state index in [1.54, 1.807) is 13.2 Å². The van der Waals surface area contributed by atoms with E-state index in [0.717, 1.165) is 12.8 Å². The van der Waals surface area contributed by atoms with Crippen LogP contribution in [0.2, 0.25) is 0 Å². The Labute approximate surface area is 102 Å². The molecule has 0 aliphatic carbocycles. The van der Waals surface area contributed by atoms with Crippen molar-refractivity contribution in [1.29, 1.82) is 0 Å². The van der Waals surface area contributed by atoms with Gasteiger partial charge in [-0.15, -0.1) is 0 Å². The number of hydrogen-bond acceptors (Lipinski definition) is 4. The third-order valence-electron chi connectivity index (χ3n) is 2.47. The number of rotatable bonds is 5. The molecule has 0 radical (unpaired) electrons. The van der Waals surface area contributed by atoms with Gasteiger partial charge in [0.1, 0.15) is 11.5 Å². The number of hydrogen-bond donors (Lipinski definition) is 2. The maximum absolute atomic E-state index is 11.9. The molecule has 0 bridgehead atoms. The van der Waals surface area contributed by atoms with E-state index in [0.29, 0.717) is 11.5 Å². The van der Waals surface area contributed by atoms with Crippen LogP contribution in [0.3, 0.4) is 0 Å². The van der Waals surface area contributed by atoms with Crippen LogP contribution in [0.4, 0.5) is 5.82 Å². The molecular formula is C12H20N4O. The molecule has 0 spiro atoms. The third kappa shape index (κ3) is 4.01. The highest BCUT2D eigenvalue weighted by atomic mass is 16.2. The predicted octanol–water partition coefficient (Wildman–Crippen LogP) is 1.83.